The van der Waals surface area contributed by atoms with Gasteiger partial charge in [-0.3, -0.25) is 0 Å². The lowest BCUT2D eigenvalue weighted by Gasteiger charge is -2.00. The second kappa shape index (κ2) is 5.84. The highest BCUT2D eigenvalue weighted by Crippen LogP contribution is 2.27. The lowest BCUT2D eigenvalue weighted by atomic mass is 10.3. The van der Waals surface area contributed by atoms with Gasteiger partial charge in [-0.05, 0) is 17.9 Å². The maximum atomic E-state index is 6.09. The van der Waals surface area contributed by atoms with E-state index in [-0.39, 0.29) is 0 Å². The van der Waals surface area contributed by atoms with Crippen molar-refractivity contribution in [3.63, 3.8) is 0 Å². The first kappa shape index (κ1) is 12.1. The summed E-state index contributed by atoms with van der Waals surface area (Å²) in [6.45, 7) is 2.20. The van der Waals surface area contributed by atoms with Gasteiger partial charge in [0.25, 0.3) is 0 Å². The lowest BCUT2D eigenvalue weighted by Crippen LogP contribution is -1.89. The van der Waals surface area contributed by atoms with Crippen LogP contribution in [0.4, 0.5) is 0 Å². The summed E-state index contributed by atoms with van der Waals surface area (Å²) < 4.78 is 0. The van der Waals surface area contributed by atoms with Crippen molar-refractivity contribution in [1.29, 1.82) is 0 Å². The highest BCUT2D eigenvalue weighted by molar-refractivity contribution is 7.99. The number of hydrogen-bond acceptors (Lipinski definition) is 4. The SMILES string of the molecule is CCCCCSc1nc(Cl)c2ccsc2n1. The average Bonchev–Trinajstić information content (AvgIpc) is 2.73. The number of nitrogens with zero attached hydrogens (tertiary/aromatic N) is 2. The maximum absolute atomic E-state index is 6.09. The molecule has 0 aliphatic heterocycles. The molecule has 0 amide bonds. The van der Waals surface area contributed by atoms with Crippen molar-refractivity contribution in [2.24, 2.45) is 0 Å². The summed E-state index contributed by atoms with van der Waals surface area (Å²) in [6.07, 6.45) is 3.72. The van der Waals surface area contributed by atoms with E-state index in [0.717, 1.165) is 21.1 Å². The van der Waals surface area contributed by atoms with E-state index >= 15 is 0 Å². The van der Waals surface area contributed by atoms with Crippen LogP contribution < -0.4 is 0 Å². The van der Waals surface area contributed by atoms with Gasteiger partial charge in [-0.1, -0.05) is 43.1 Å². The molecule has 0 spiro atoms. The van der Waals surface area contributed by atoms with Crippen LogP contribution in [-0.2, 0) is 0 Å². The van der Waals surface area contributed by atoms with Gasteiger partial charge < -0.3 is 0 Å². The van der Waals surface area contributed by atoms with Crippen molar-refractivity contribution in [2.45, 2.75) is 31.3 Å². The van der Waals surface area contributed by atoms with Gasteiger partial charge in [0.15, 0.2) is 5.16 Å². The third kappa shape index (κ3) is 2.87. The largest absolute Gasteiger partial charge is 0.211 e. The maximum Gasteiger partial charge on any atom is 0.190 e. The van der Waals surface area contributed by atoms with Crippen LogP contribution in [0.25, 0.3) is 10.2 Å². The first-order valence-corrected chi connectivity index (χ1v) is 7.59. The quantitative estimate of drug-likeness (QED) is 0.344. The van der Waals surface area contributed by atoms with Gasteiger partial charge in [0, 0.05) is 11.1 Å². The van der Waals surface area contributed by atoms with Gasteiger partial charge in [-0.25, -0.2) is 9.97 Å². The lowest BCUT2D eigenvalue weighted by molar-refractivity contribution is 0.777. The molecule has 2 rings (SSSR count). The number of hydrogen-bond donors (Lipinski definition) is 0. The van der Waals surface area contributed by atoms with Gasteiger partial charge in [-0.2, -0.15) is 0 Å². The summed E-state index contributed by atoms with van der Waals surface area (Å²) in [5.74, 6) is 1.07. The fourth-order valence-corrected chi connectivity index (χ4v) is 3.38. The Morgan fingerprint density at radius 2 is 2.25 bits per heavy atom. The Morgan fingerprint density at radius 3 is 3.06 bits per heavy atom. The minimum absolute atomic E-state index is 0.573. The molecule has 2 aromatic rings. The van der Waals surface area contributed by atoms with Crippen molar-refractivity contribution >= 4 is 44.9 Å². The molecule has 2 nitrogen and oxygen atoms in total. The Labute approximate surface area is 108 Å². The van der Waals surface area contributed by atoms with E-state index in [1.165, 1.54) is 19.3 Å². The molecule has 0 saturated heterocycles. The van der Waals surface area contributed by atoms with Crippen LogP contribution >= 0.6 is 34.7 Å². The van der Waals surface area contributed by atoms with Crippen LogP contribution in [-0.4, -0.2) is 15.7 Å². The Kier molecular flexibility index (Phi) is 4.44. The zero-order chi connectivity index (χ0) is 11.4. The standard InChI is InChI=1S/C11H13ClN2S2/c1-2-3-4-6-16-11-13-9(12)8-5-7-15-10(8)14-11/h5,7H,2-4,6H2,1H3. The van der Waals surface area contributed by atoms with E-state index in [2.05, 4.69) is 16.9 Å². The molecule has 16 heavy (non-hydrogen) atoms. The molecule has 0 N–H and O–H groups in total. The van der Waals surface area contributed by atoms with Gasteiger partial charge in [0.1, 0.15) is 9.98 Å². The number of thioether (sulfide) groups is 1. The zero-order valence-corrected chi connectivity index (χ0v) is 11.5. The number of thiophene rings is 1. The van der Waals surface area contributed by atoms with E-state index in [9.17, 15) is 0 Å². The summed E-state index contributed by atoms with van der Waals surface area (Å²) in [5, 5.41) is 4.33. The molecule has 0 saturated carbocycles. The molecule has 2 aromatic heterocycles. The van der Waals surface area contributed by atoms with Crippen LogP contribution in [0.2, 0.25) is 5.15 Å². The van der Waals surface area contributed by atoms with Crippen LogP contribution in [0.5, 0.6) is 0 Å². The molecule has 2 heterocycles. The fraction of sp³-hybridized carbons (Fsp3) is 0.455. The Bertz CT molecular complexity index is 470. The van der Waals surface area contributed by atoms with Crippen molar-refractivity contribution in [1.82, 2.24) is 9.97 Å². The van der Waals surface area contributed by atoms with E-state index in [1.807, 2.05) is 11.4 Å². The molecule has 0 aliphatic rings. The van der Waals surface area contributed by atoms with E-state index in [1.54, 1.807) is 23.1 Å². The zero-order valence-electron chi connectivity index (χ0n) is 9.07. The average molecular weight is 273 g/mol. The second-order valence-electron chi connectivity index (χ2n) is 3.49. The molecule has 86 valence electrons. The third-order valence-electron chi connectivity index (χ3n) is 2.24. The van der Waals surface area contributed by atoms with E-state index in [4.69, 9.17) is 11.6 Å². The Balaban J connectivity index is 2.06. The fourth-order valence-electron chi connectivity index (χ4n) is 1.38. The number of rotatable bonds is 5. The van der Waals surface area contributed by atoms with Crippen molar-refractivity contribution in [3.05, 3.63) is 16.6 Å². The van der Waals surface area contributed by atoms with E-state index in [0.29, 0.717) is 5.15 Å². The van der Waals surface area contributed by atoms with Crippen molar-refractivity contribution in [3.8, 4) is 0 Å². The predicted molar refractivity (Wildman–Crippen MR) is 72.7 cm³/mol. The number of halogens is 1. The second-order valence-corrected chi connectivity index (χ2v) is 5.81. The van der Waals surface area contributed by atoms with Crippen LogP contribution in [0, 0.1) is 0 Å². The molecule has 0 atom stereocenters. The summed E-state index contributed by atoms with van der Waals surface area (Å²) in [6, 6.07) is 1.97. The monoisotopic (exact) mass is 272 g/mol. The molecule has 5 heteroatoms. The molecular weight excluding hydrogens is 260 g/mol. The number of unbranched alkanes of at least 4 members (excludes halogenated alkanes) is 2. The molecule has 0 unspecified atom stereocenters. The summed E-state index contributed by atoms with van der Waals surface area (Å²) in [4.78, 5) is 9.76. The predicted octanol–water partition coefficient (Wildman–Crippen LogP) is 4.63. The minimum Gasteiger partial charge on any atom is -0.211 e. The highest BCUT2D eigenvalue weighted by Gasteiger charge is 2.06. The number of aromatic nitrogens is 2. The topological polar surface area (TPSA) is 25.8 Å². The summed E-state index contributed by atoms with van der Waals surface area (Å²) in [5.41, 5.74) is 0. The molecule has 0 radical (unpaired) electrons. The van der Waals surface area contributed by atoms with Gasteiger partial charge in [0.2, 0.25) is 0 Å². The number of fused-ring (bicyclic) bond motifs is 1. The third-order valence-corrected chi connectivity index (χ3v) is 4.27. The summed E-state index contributed by atoms with van der Waals surface area (Å²) >= 11 is 9.39. The van der Waals surface area contributed by atoms with Gasteiger partial charge >= 0.3 is 0 Å². The highest BCUT2D eigenvalue weighted by atomic mass is 35.5. The van der Waals surface area contributed by atoms with Gasteiger partial charge in [0.05, 0.1) is 0 Å². The molecule has 0 aromatic carbocycles. The normalized spacial score (nSPS) is 11.1. The Morgan fingerprint density at radius 1 is 1.38 bits per heavy atom. The minimum atomic E-state index is 0.573. The molecule has 0 bridgehead atoms. The van der Waals surface area contributed by atoms with Gasteiger partial charge in [-0.15, -0.1) is 11.3 Å². The summed E-state index contributed by atoms with van der Waals surface area (Å²) in [7, 11) is 0. The smallest absolute Gasteiger partial charge is 0.190 e. The van der Waals surface area contributed by atoms with Crippen molar-refractivity contribution in [2.75, 3.05) is 5.75 Å². The molecular formula is C11H13ClN2S2. The van der Waals surface area contributed by atoms with Crippen molar-refractivity contribution < 1.29 is 0 Å². The van der Waals surface area contributed by atoms with Crippen LogP contribution in [0.15, 0.2) is 16.6 Å². The first-order chi connectivity index (χ1) is 7.81. The first-order valence-electron chi connectivity index (χ1n) is 5.35. The van der Waals surface area contributed by atoms with Crippen LogP contribution in [0.3, 0.4) is 0 Å². The van der Waals surface area contributed by atoms with E-state index < -0.39 is 0 Å². The Hall–Kier alpha value is -0.320. The van der Waals surface area contributed by atoms with Crippen LogP contribution in [0.1, 0.15) is 26.2 Å². The molecule has 0 fully saturated rings. The molecule has 0 aliphatic carbocycles.